The molecule has 1 aliphatic rings. The number of unbranched alkanes of at least 4 members (excludes halogenated alkanes) is 2. The summed E-state index contributed by atoms with van der Waals surface area (Å²) in [6.07, 6.45) is 3.08. The third kappa shape index (κ3) is 6.81. The van der Waals surface area contributed by atoms with E-state index in [1.165, 1.54) is 0 Å². The van der Waals surface area contributed by atoms with Crippen molar-refractivity contribution in [2.75, 3.05) is 32.7 Å². The third-order valence-electron chi connectivity index (χ3n) is 4.84. The number of carbonyl (C=O) groups is 1. The molecule has 1 saturated heterocycles. The molecular weight excluding hydrogens is 368 g/mol. The Labute approximate surface area is 172 Å². The van der Waals surface area contributed by atoms with Gasteiger partial charge in [0.1, 0.15) is 5.60 Å². The van der Waals surface area contributed by atoms with Gasteiger partial charge < -0.3 is 9.64 Å². The van der Waals surface area contributed by atoms with Crippen molar-refractivity contribution in [3.63, 3.8) is 0 Å². The molecule has 0 atom stereocenters. The van der Waals surface area contributed by atoms with Gasteiger partial charge in [0.15, 0.2) is 0 Å². The fourth-order valence-electron chi connectivity index (χ4n) is 3.29. The highest BCUT2D eigenvalue weighted by molar-refractivity contribution is 5.68. The van der Waals surface area contributed by atoms with E-state index >= 15 is 0 Å². The minimum absolute atomic E-state index is 0.202. The van der Waals surface area contributed by atoms with E-state index in [2.05, 4.69) is 20.3 Å². The van der Waals surface area contributed by atoms with Crippen molar-refractivity contribution >= 4 is 6.09 Å². The molecule has 0 unspecified atom stereocenters. The second kappa shape index (κ2) is 9.82. The van der Waals surface area contributed by atoms with Crippen molar-refractivity contribution in [2.45, 2.75) is 52.2 Å². The normalized spacial score (nSPS) is 15.5. The molecule has 8 nitrogen and oxygen atoms in total. The Kier molecular flexibility index (Phi) is 7.19. The second-order valence-electron chi connectivity index (χ2n) is 8.44. The number of hydrogen-bond donors (Lipinski definition) is 0. The largest absolute Gasteiger partial charge is 0.444 e. The van der Waals surface area contributed by atoms with E-state index < -0.39 is 5.60 Å². The Balaban J connectivity index is 1.29. The van der Waals surface area contributed by atoms with Gasteiger partial charge in [-0.05, 0) is 45.4 Å². The highest BCUT2D eigenvalue weighted by atomic mass is 16.6. The minimum atomic E-state index is -0.435. The number of rotatable bonds is 7. The molecule has 0 aliphatic carbocycles. The van der Waals surface area contributed by atoms with E-state index in [9.17, 15) is 4.79 Å². The van der Waals surface area contributed by atoms with Crippen LogP contribution in [0.4, 0.5) is 4.79 Å². The van der Waals surface area contributed by atoms with E-state index in [-0.39, 0.29) is 6.09 Å². The standard InChI is InChI=1S/C21H32N6O2/c1-21(2,3)29-20(28)26-16-14-25(15-17-26)12-8-5-9-13-27-23-19(22-24-27)18-10-6-4-7-11-18/h4,6-7,10-11H,5,8-9,12-17H2,1-3H3. The van der Waals surface area contributed by atoms with Crippen LogP contribution in [0, 0.1) is 0 Å². The minimum Gasteiger partial charge on any atom is -0.444 e. The van der Waals surface area contributed by atoms with Gasteiger partial charge in [0.2, 0.25) is 5.82 Å². The Bertz CT molecular complexity index is 763. The first-order valence-electron chi connectivity index (χ1n) is 10.4. The molecule has 0 radical (unpaired) electrons. The topological polar surface area (TPSA) is 76.4 Å². The number of benzene rings is 1. The Morgan fingerprint density at radius 3 is 2.38 bits per heavy atom. The van der Waals surface area contributed by atoms with Crippen molar-refractivity contribution in [3.05, 3.63) is 30.3 Å². The number of aromatic nitrogens is 4. The first-order valence-corrected chi connectivity index (χ1v) is 10.4. The number of carbonyl (C=O) groups excluding carboxylic acids is 1. The van der Waals surface area contributed by atoms with Gasteiger partial charge in [-0.15, -0.1) is 10.2 Å². The lowest BCUT2D eigenvalue weighted by Gasteiger charge is -2.35. The van der Waals surface area contributed by atoms with Crippen LogP contribution in [-0.2, 0) is 11.3 Å². The number of tetrazole rings is 1. The van der Waals surface area contributed by atoms with E-state index in [0.29, 0.717) is 5.82 Å². The monoisotopic (exact) mass is 400 g/mol. The number of aryl methyl sites for hydroxylation is 1. The SMILES string of the molecule is CC(C)(C)OC(=O)N1CCN(CCCCCn2nnc(-c3ccccc3)n2)CC1. The molecule has 1 aromatic carbocycles. The molecule has 0 bridgehead atoms. The van der Waals surface area contributed by atoms with Crippen molar-refractivity contribution in [3.8, 4) is 11.4 Å². The van der Waals surface area contributed by atoms with E-state index in [1.54, 1.807) is 4.80 Å². The van der Waals surface area contributed by atoms with Gasteiger partial charge in [-0.25, -0.2) is 4.79 Å². The number of amides is 1. The Hall–Kier alpha value is -2.48. The van der Waals surface area contributed by atoms with Gasteiger partial charge in [-0.1, -0.05) is 36.8 Å². The Morgan fingerprint density at radius 2 is 1.69 bits per heavy atom. The molecule has 1 aliphatic heterocycles. The molecular formula is C21H32N6O2. The van der Waals surface area contributed by atoms with Gasteiger partial charge in [0, 0.05) is 31.7 Å². The summed E-state index contributed by atoms with van der Waals surface area (Å²) >= 11 is 0. The van der Waals surface area contributed by atoms with Gasteiger partial charge >= 0.3 is 6.09 Å². The van der Waals surface area contributed by atoms with E-state index in [1.807, 2.05) is 56.0 Å². The molecule has 3 rings (SSSR count). The summed E-state index contributed by atoms with van der Waals surface area (Å²) in [7, 11) is 0. The van der Waals surface area contributed by atoms with Crippen LogP contribution in [0.3, 0.4) is 0 Å². The van der Waals surface area contributed by atoms with Crippen molar-refractivity contribution < 1.29 is 9.53 Å². The zero-order chi connectivity index (χ0) is 20.7. The number of hydrogen-bond acceptors (Lipinski definition) is 6. The van der Waals surface area contributed by atoms with Crippen LogP contribution in [0.15, 0.2) is 30.3 Å². The highest BCUT2D eigenvalue weighted by Crippen LogP contribution is 2.13. The number of nitrogens with zero attached hydrogens (tertiary/aromatic N) is 6. The van der Waals surface area contributed by atoms with Crippen LogP contribution in [0.5, 0.6) is 0 Å². The van der Waals surface area contributed by atoms with Crippen molar-refractivity contribution in [1.29, 1.82) is 0 Å². The first-order chi connectivity index (χ1) is 13.9. The summed E-state index contributed by atoms with van der Waals surface area (Å²) in [4.78, 5) is 18.0. The van der Waals surface area contributed by atoms with Crippen molar-refractivity contribution in [1.82, 2.24) is 30.0 Å². The molecule has 1 fully saturated rings. The summed E-state index contributed by atoms with van der Waals surface area (Å²) in [5.74, 6) is 0.674. The van der Waals surface area contributed by atoms with Gasteiger partial charge in [0.05, 0.1) is 6.54 Å². The fraction of sp³-hybridized carbons (Fsp3) is 0.619. The maximum Gasteiger partial charge on any atom is 0.410 e. The molecule has 158 valence electrons. The second-order valence-corrected chi connectivity index (χ2v) is 8.44. The fourth-order valence-corrected chi connectivity index (χ4v) is 3.29. The predicted octanol–water partition coefficient (Wildman–Crippen LogP) is 3.06. The Morgan fingerprint density at radius 1 is 1.00 bits per heavy atom. The summed E-state index contributed by atoms with van der Waals surface area (Å²) in [6.45, 7) is 10.8. The van der Waals surface area contributed by atoms with Gasteiger partial charge in [-0.3, -0.25) is 4.90 Å². The third-order valence-corrected chi connectivity index (χ3v) is 4.84. The van der Waals surface area contributed by atoms with Crippen LogP contribution in [0.25, 0.3) is 11.4 Å². The van der Waals surface area contributed by atoms with Crippen LogP contribution in [0.2, 0.25) is 0 Å². The summed E-state index contributed by atoms with van der Waals surface area (Å²) in [5, 5.41) is 12.7. The van der Waals surface area contributed by atoms with E-state index in [0.717, 1.165) is 64.1 Å². The summed E-state index contributed by atoms with van der Waals surface area (Å²) < 4.78 is 5.45. The first kappa shape index (κ1) is 21.2. The molecule has 8 heteroatoms. The van der Waals surface area contributed by atoms with Crippen LogP contribution < -0.4 is 0 Å². The zero-order valence-electron chi connectivity index (χ0n) is 17.8. The predicted molar refractivity (Wildman–Crippen MR) is 111 cm³/mol. The molecule has 0 spiro atoms. The molecule has 1 amide bonds. The van der Waals surface area contributed by atoms with E-state index in [4.69, 9.17) is 4.74 Å². The molecule has 2 heterocycles. The zero-order valence-corrected chi connectivity index (χ0v) is 17.8. The molecule has 2 aromatic rings. The maximum atomic E-state index is 12.1. The lowest BCUT2D eigenvalue weighted by atomic mass is 10.2. The molecule has 0 saturated carbocycles. The highest BCUT2D eigenvalue weighted by Gasteiger charge is 2.25. The van der Waals surface area contributed by atoms with Gasteiger partial charge in [0.25, 0.3) is 0 Å². The molecule has 29 heavy (non-hydrogen) atoms. The lowest BCUT2D eigenvalue weighted by molar-refractivity contribution is 0.0144. The number of piperazine rings is 1. The quantitative estimate of drug-likeness (QED) is 0.665. The van der Waals surface area contributed by atoms with Crippen LogP contribution >= 0.6 is 0 Å². The lowest BCUT2D eigenvalue weighted by Crippen LogP contribution is -2.50. The summed E-state index contributed by atoms with van der Waals surface area (Å²) in [5.41, 5.74) is 0.555. The van der Waals surface area contributed by atoms with Gasteiger partial charge in [-0.2, -0.15) is 4.80 Å². The summed E-state index contributed by atoms with van der Waals surface area (Å²) in [6, 6.07) is 9.91. The average molecular weight is 401 g/mol. The number of ether oxygens (including phenoxy) is 1. The van der Waals surface area contributed by atoms with Crippen molar-refractivity contribution in [2.24, 2.45) is 0 Å². The smallest absolute Gasteiger partial charge is 0.410 e. The molecule has 1 aromatic heterocycles. The maximum absolute atomic E-state index is 12.1. The van der Waals surface area contributed by atoms with Crippen LogP contribution in [0.1, 0.15) is 40.0 Å². The van der Waals surface area contributed by atoms with Crippen LogP contribution in [-0.4, -0.2) is 74.4 Å². The molecule has 0 N–H and O–H groups in total. The average Bonchev–Trinajstić information content (AvgIpc) is 3.16.